The van der Waals surface area contributed by atoms with Crippen LogP contribution in [-0.2, 0) is 17.1 Å². The maximum absolute atomic E-state index is 13.1. The Hall–Kier alpha value is -2.55. The predicted octanol–water partition coefficient (Wildman–Crippen LogP) is 7.10. The van der Waals surface area contributed by atoms with Gasteiger partial charge in [-0.15, -0.1) is 0 Å². The molecule has 34 heavy (non-hydrogen) atoms. The van der Waals surface area contributed by atoms with Crippen LogP contribution in [0.5, 0.6) is 0 Å². The number of piperidine rings is 1. The van der Waals surface area contributed by atoms with Crippen LogP contribution < -0.4 is 0 Å². The Bertz CT molecular complexity index is 996. The van der Waals surface area contributed by atoms with E-state index in [0.29, 0.717) is 24.9 Å². The molecule has 0 aromatic heterocycles. The first kappa shape index (κ1) is 24.6. The number of benzene rings is 2. The zero-order valence-electron chi connectivity index (χ0n) is 18.2. The standard InChI is InChI=1S/C25H25F6NO2/c26-24(27,28)19-7-3-16(4-8-19)21-13-15(14-22(33)34)11-12-32(21)23(17-1-2-17)18-5-9-20(10-6-18)25(29,30)31/h3-10,15,17,21,23H,1-2,11-14H2,(H,33,34)/t15-,21+,23-/m1/s1. The van der Waals surface area contributed by atoms with Gasteiger partial charge in [-0.1, -0.05) is 24.3 Å². The third kappa shape index (κ3) is 5.56. The van der Waals surface area contributed by atoms with Gasteiger partial charge in [0, 0.05) is 18.5 Å². The number of aliphatic carboxylic acids is 1. The van der Waals surface area contributed by atoms with E-state index in [-0.39, 0.29) is 30.3 Å². The Morgan fingerprint density at radius 1 is 0.882 bits per heavy atom. The lowest BCUT2D eigenvalue weighted by molar-refractivity contribution is -0.139. The zero-order chi connectivity index (χ0) is 24.7. The summed E-state index contributed by atoms with van der Waals surface area (Å²) in [5, 5.41) is 9.26. The maximum atomic E-state index is 13.1. The first-order valence-electron chi connectivity index (χ1n) is 11.3. The first-order valence-corrected chi connectivity index (χ1v) is 11.3. The molecule has 2 aromatic carbocycles. The molecule has 0 bridgehead atoms. The van der Waals surface area contributed by atoms with Gasteiger partial charge in [0.1, 0.15) is 0 Å². The molecule has 0 amide bonds. The topological polar surface area (TPSA) is 40.5 Å². The zero-order valence-corrected chi connectivity index (χ0v) is 18.2. The number of carbonyl (C=O) groups is 1. The van der Waals surface area contributed by atoms with Gasteiger partial charge in [-0.3, -0.25) is 9.69 Å². The van der Waals surface area contributed by atoms with Gasteiger partial charge in [0.2, 0.25) is 0 Å². The summed E-state index contributed by atoms with van der Waals surface area (Å²) in [5.74, 6) is -0.815. The quantitative estimate of drug-likeness (QED) is 0.444. The normalized spacial score (nSPS) is 23.0. The molecule has 3 atom stereocenters. The van der Waals surface area contributed by atoms with Gasteiger partial charge < -0.3 is 5.11 Å². The summed E-state index contributed by atoms with van der Waals surface area (Å²) in [6, 6.07) is 9.51. The highest BCUT2D eigenvalue weighted by Crippen LogP contribution is 2.50. The summed E-state index contributed by atoms with van der Waals surface area (Å²) in [6.45, 7) is 0.520. The molecule has 1 aliphatic carbocycles. The Kier molecular flexibility index (Phi) is 6.68. The summed E-state index contributed by atoms with van der Waals surface area (Å²) in [4.78, 5) is 13.5. The summed E-state index contributed by atoms with van der Waals surface area (Å²) in [7, 11) is 0. The van der Waals surface area contributed by atoms with E-state index >= 15 is 0 Å². The lowest BCUT2D eigenvalue weighted by Crippen LogP contribution is -2.40. The minimum Gasteiger partial charge on any atom is -0.481 e. The number of alkyl halides is 6. The molecule has 1 N–H and O–H groups in total. The summed E-state index contributed by atoms with van der Waals surface area (Å²) in [6.07, 6.45) is -6.03. The summed E-state index contributed by atoms with van der Waals surface area (Å²) >= 11 is 0. The van der Waals surface area contributed by atoms with E-state index in [9.17, 15) is 36.2 Å². The van der Waals surface area contributed by atoms with Crippen LogP contribution >= 0.6 is 0 Å². The number of likely N-dealkylation sites (tertiary alicyclic amines) is 1. The highest BCUT2D eigenvalue weighted by atomic mass is 19.4. The largest absolute Gasteiger partial charge is 0.481 e. The maximum Gasteiger partial charge on any atom is 0.416 e. The van der Waals surface area contributed by atoms with Crippen molar-refractivity contribution in [2.75, 3.05) is 6.54 Å². The Morgan fingerprint density at radius 2 is 1.41 bits per heavy atom. The second-order valence-corrected chi connectivity index (χ2v) is 9.26. The van der Waals surface area contributed by atoms with Crippen LogP contribution in [-0.4, -0.2) is 22.5 Å². The van der Waals surface area contributed by atoms with Gasteiger partial charge in [0.15, 0.2) is 0 Å². The van der Waals surface area contributed by atoms with Crippen molar-refractivity contribution in [3.05, 3.63) is 70.8 Å². The minimum absolute atomic E-state index is 0.0284. The van der Waals surface area contributed by atoms with E-state index in [4.69, 9.17) is 0 Å². The van der Waals surface area contributed by atoms with Crippen molar-refractivity contribution >= 4 is 5.97 Å². The Morgan fingerprint density at radius 3 is 1.88 bits per heavy atom. The first-order chi connectivity index (χ1) is 15.9. The van der Waals surface area contributed by atoms with E-state index in [1.54, 1.807) is 0 Å². The molecule has 0 unspecified atom stereocenters. The minimum atomic E-state index is -4.46. The molecular formula is C25H25F6NO2. The number of hydrogen-bond acceptors (Lipinski definition) is 2. The van der Waals surface area contributed by atoms with Crippen LogP contribution in [0.4, 0.5) is 26.3 Å². The molecule has 1 heterocycles. The van der Waals surface area contributed by atoms with Crippen molar-refractivity contribution in [2.24, 2.45) is 11.8 Å². The Labute approximate surface area is 193 Å². The molecule has 1 saturated heterocycles. The highest BCUT2D eigenvalue weighted by molar-refractivity contribution is 5.67. The molecule has 2 aromatic rings. The molecule has 1 aliphatic heterocycles. The van der Waals surface area contributed by atoms with Crippen molar-refractivity contribution in [1.82, 2.24) is 4.90 Å². The molecule has 2 aliphatic rings. The average molecular weight is 485 g/mol. The highest BCUT2D eigenvalue weighted by Gasteiger charge is 2.43. The second-order valence-electron chi connectivity index (χ2n) is 9.26. The summed E-state index contributed by atoms with van der Waals surface area (Å²) in [5.41, 5.74) is -0.0998. The molecule has 4 rings (SSSR count). The molecule has 3 nitrogen and oxygen atoms in total. The van der Waals surface area contributed by atoms with Crippen LogP contribution in [0, 0.1) is 11.8 Å². The third-order valence-electron chi connectivity index (χ3n) is 6.84. The molecule has 9 heteroatoms. The number of halogens is 6. The molecule has 0 radical (unpaired) electrons. The molecule has 1 saturated carbocycles. The van der Waals surface area contributed by atoms with Crippen molar-refractivity contribution in [3.63, 3.8) is 0 Å². The second kappa shape index (κ2) is 9.24. The smallest absolute Gasteiger partial charge is 0.416 e. The van der Waals surface area contributed by atoms with Crippen molar-refractivity contribution in [1.29, 1.82) is 0 Å². The number of hydrogen-bond donors (Lipinski definition) is 1. The summed E-state index contributed by atoms with van der Waals surface area (Å²) < 4.78 is 78.4. The van der Waals surface area contributed by atoms with Gasteiger partial charge >= 0.3 is 18.3 Å². The predicted molar refractivity (Wildman–Crippen MR) is 113 cm³/mol. The number of rotatable bonds is 6. The van der Waals surface area contributed by atoms with Gasteiger partial charge in [-0.2, -0.15) is 26.3 Å². The van der Waals surface area contributed by atoms with Crippen LogP contribution in [0.1, 0.15) is 66.4 Å². The van der Waals surface area contributed by atoms with Crippen LogP contribution in [0.3, 0.4) is 0 Å². The molecular weight excluding hydrogens is 460 g/mol. The van der Waals surface area contributed by atoms with Gasteiger partial charge in [0.25, 0.3) is 0 Å². The number of carboxylic acid groups (broad SMARTS) is 1. The fourth-order valence-electron chi connectivity index (χ4n) is 5.06. The van der Waals surface area contributed by atoms with Crippen molar-refractivity contribution in [3.8, 4) is 0 Å². The lowest BCUT2D eigenvalue weighted by Gasteiger charge is -2.44. The van der Waals surface area contributed by atoms with Gasteiger partial charge in [-0.25, -0.2) is 0 Å². The average Bonchev–Trinajstić information content (AvgIpc) is 3.59. The Balaban J connectivity index is 1.67. The molecule has 0 spiro atoms. The van der Waals surface area contributed by atoms with E-state index in [0.717, 1.165) is 42.7 Å². The van der Waals surface area contributed by atoms with Crippen molar-refractivity contribution in [2.45, 2.75) is 56.5 Å². The number of nitrogens with zero attached hydrogens (tertiary/aromatic N) is 1. The van der Waals surface area contributed by atoms with Gasteiger partial charge in [-0.05, 0) is 79.5 Å². The third-order valence-corrected chi connectivity index (χ3v) is 6.84. The lowest BCUT2D eigenvalue weighted by atomic mass is 9.82. The molecule has 184 valence electrons. The van der Waals surface area contributed by atoms with Crippen LogP contribution in [0.2, 0.25) is 0 Å². The monoisotopic (exact) mass is 485 g/mol. The van der Waals surface area contributed by atoms with E-state index < -0.39 is 29.4 Å². The van der Waals surface area contributed by atoms with Crippen LogP contribution in [0.25, 0.3) is 0 Å². The number of carboxylic acids is 1. The van der Waals surface area contributed by atoms with E-state index in [2.05, 4.69) is 4.90 Å². The van der Waals surface area contributed by atoms with Gasteiger partial charge in [0.05, 0.1) is 11.1 Å². The fourth-order valence-corrected chi connectivity index (χ4v) is 5.06. The fraction of sp³-hybridized carbons (Fsp3) is 0.480. The van der Waals surface area contributed by atoms with E-state index in [1.165, 1.54) is 24.3 Å². The van der Waals surface area contributed by atoms with Crippen molar-refractivity contribution < 1.29 is 36.2 Å². The van der Waals surface area contributed by atoms with E-state index in [1.807, 2.05) is 0 Å². The van der Waals surface area contributed by atoms with Crippen LogP contribution in [0.15, 0.2) is 48.5 Å². The SMILES string of the molecule is O=C(O)C[C@@H]1CCN([C@@H](c2ccc(C(F)(F)F)cc2)C2CC2)[C@H](c2ccc(C(F)(F)F)cc2)C1. The molecule has 2 fully saturated rings.